The Morgan fingerprint density at radius 1 is 1.17 bits per heavy atom. The number of hydrogen-bond acceptors (Lipinski definition) is 2. The third-order valence-electron chi connectivity index (χ3n) is 2.98. The molecule has 0 amide bonds. The van der Waals surface area contributed by atoms with Crippen LogP contribution >= 0.6 is 0 Å². The standard InChI is InChI=1S/C16H22N2/c1-12-11-13(9-10-17-16(2,3)4)14-7-5-6-8-15(14)18-12/h5-8,11,17H,9-10H2,1-4H3. The Kier molecular flexibility index (Phi) is 3.67. The second kappa shape index (κ2) is 5.07. The normalized spacial score (nSPS) is 12.0. The summed E-state index contributed by atoms with van der Waals surface area (Å²) >= 11 is 0. The van der Waals surface area contributed by atoms with Gasteiger partial charge in [-0.1, -0.05) is 18.2 Å². The van der Waals surface area contributed by atoms with Gasteiger partial charge in [-0.3, -0.25) is 4.98 Å². The van der Waals surface area contributed by atoms with Gasteiger partial charge >= 0.3 is 0 Å². The molecule has 0 saturated heterocycles. The van der Waals surface area contributed by atoms with Crippen LogP contribution in [0.2, 0.25) is 0 Å². The average Bonchev–Trinajstić information content (AvgIpc) is 2.27. The largest absolute Gasteiger partial charge is 0.312 e. The lowest BCUT2D eigenvalue weighted by molar-refractivity contribution is 0.430. The molecule has 96 valence electrons. The molecule has 2 rings (SSSR count). The quantitative estimate of drug-likeness (QED) is 0.891. The van der Waals surface area contributed by atoms with Gasteiger partial charge in [0.2, 0.25) is 0 Å². The molecule has 1 aromatic heterocycles. The van der Waals surface area contributed by atoms with Crippen LogP contribution < -0.4 is 5.32 Å². The number of fused-ring (bicyclic) bond motifs is 1. The van der Waals surface area contributed by atoms with Gasteiger partial charge in [-0.2, -0.15) is 0 Å². The summed E-state index contributed by atoms with van der Waals surface area (Å²) in [5, 5.41) is 4.81. The van der Waals surface area contributed by atoms with E-state index in [0.717, 1.165) is 24.2 Å². The first-order valence-corrected chi connectivity index (χ1v) is 6.56. The number of benzene rings is 1. The highest BCUT2D eigenvalue weighted by Crippen LogP contribution is 2.18. The summed E-state index contributed by atoms with van der Waals surface area (Å²) in [4.78, 5) is 4.57. The van der Waals surface area contributed by atoms with Crippen LogP contribution in [0.5, 0.6) is 0 Å². The van der Waals surface area contributed by atoms with Crippen molar-refractivity contribution in [3.05, 3.63) is 41.6 Å². The Hall–Kier alpha value is -1.41. The minimum atomic E-state index is 0.178. The zero-order valence-electron chi connectivity index (χ0n) is 11.7. The van der Waals surface area contributed by atoms with Crippen LogP contribution in [0.1, 0.15) is 32.0 Å². The van der Waals surface area contributed by atoms with E-state index in [4.69, 9.17) is 0 Å². The van der Waals surface area contributed by atoms with E-state index in [9.17, 15) is 0 Å². The van der Waals surface area contributed by atoms with Crippen molar-refractivity contribution in [1.82, 2.24) is 10.3 Å². The molecular formula is C16H22N2. The van der Waals surface area contributed by atoms with Gasteiger partial charge < -0.3 is 5.32 Å². The molecule has 0 spiro atoms. The van der Waals surface area contributed by atoms with E-state index in [1.165, 1.54) is 10.9 Å². The van der Waals surface area contributed by atoms with E-state index in [1.54, 1.807) is 0 Å². The first kappa shape index (κ1) is 13.0. The fourth-order valence-electron chi connectivity index (χ4n) is 2.17. The molecule has 1 heterocycles. The number of para-hydroxylation sites is 1. The monoisotopic (exact) mass is 242 g/mol. The van der Waals surface area contributed by atoms with Crippen molar-refractivity contribution in [2.45, 2.75) is 39.7 Å². The van der Waals surface area contributed by atoms with E-state index < -0.39 is 0 Å². The molecule has 0 aliphatic heterocycles. The fraction of sp³-hybridized carbons (Fsp3) is 0.438. The smallest absolute Gasteiger partial charge is 0.0707 e. The SMILES string of the molecule is Cc1cc(CCNC(C)(C)C)c2ccccc2n1. The molecule has 2 aromatic rings. The number of hydrogen-bond donors (Lipinski definition) is 1. The highest BCUT2D eigenvalue weighted by atomic mass is 14.9. The van der Waals surface area contributed by atoms with Gasteiger partial charge in [0, 0.05) is 16.6 Å². The third-order valence-corrected chi connectivity index (χ3v) is 2.98. The van der Waals surface area contributed by atoms with Crippen molar-refractivity contribution >= 4 is 10.9 Å². The van der Waals surface area contributed by atoms with Crippen LogP contribution in [0.3, 0.4) is 0 Å². The summed E-state index contributed by atoms with van der Waals surface area (Å²) in [6.45, 7) is 9.65. The first-order chi connectivity index (χ1) is 8.46. The van der Waals surface area contributed by atoms with E-state index >= 15 is 0 Å². The third kappa shape index (κ3) is 3.30. The molecule has 1 aromatic carbocycles. The summed E-state index contributed by atoms with van der Waals surface area (Å²) in [5.74, 6) is 0. The predicted octanol–water partition coefficient (Wildman–Crippen LogP) is 3.47. The molecular weight excluding hydrogens is 220 g/mol. The maximum atomic E-state index is 4.57. The Balaban J connectivity index is 2.22. The number of aryl methyl sites for hydroxylation is 1. The molecule has 0 saturated carbocycles. The Morgan fingerprint density at radius 2 is 1.89 bits per heavy atom. The predicted molar refractivity (Wildman–Crippen MR) is 77.9 cm³/mol. The van der Waals surface area contributed by atoms with Gasteiger partial charge in [-0.25, -0.2) is 0 Å². The molecule has 18 heavy (non-hydrogen) atoms. The Labute approximate surface area is 109 Å². The van der Waals surface area contributed by atoms with E-state index in [1.807, 2.05) is 6.07 Å². The minimum absolute atomic E-state index is 0.178. The average molecular weight is 242 g/mol. The van der Waals surface area contributed by atoms with Crippen LogP contribution in [-0.4, -0.2) is 17.1 Å². The summed E-state index contributed by atoms with van der Waals surface area (Å²) in [6.07, 6.45) is 1.04. The number of rotatable bonds is 3. The van der Waals surface area contributed by atoms with Gasteiger partial charge in [-0.15, -0.1) is 0 Å². The van der Waals surface area contributed by atoms with Crippen molar-refractivity contribution in [3.8, 4) is 0 Å². The number of aromatic nitrogens is 1. The lowest BCUT2D eigenvalue weighted by Gasteiger charge is -2.20. The summed E-state index contributed by atoms with van der Waals surface area (Å²) in [5.41, 5.74) is 3.76. The molecule has 0 aliphatic carbocycles. The number of nitrogens with zero attached hydrogens (tertiary/aromatic N) is 1. The van der Waals surface area contributed by atoms with Crippen LogP contribution in [0.25, 0.3) is 10.9 Å². The first-order valence-electron chi connectivity index (χ1n) is 6.56. The Morgan fingerprint density at radius 3 is 2.61 bits per heavy atom. The molecule has 0 aliphatic rings. The molecule has 0 radical (unpaired) electrons. The molecule has 0 atom stereocenters. The zero-order chi connectivity index (χ0) is 13.2. The second-order valence-electron chi connectivity index (χ2n) is 5.87. The maximum absolute atomic E-state index is 4.57. The van der Waals surface area contributed by atoms with Crippen molar-refractivity contribution in [1.29, 1.82) is 0 Å². The van der Waals surface area contributed by atoms with Gasteiger partial charge in [0.15, 0.2) is 0 Å². The van der Waals surface area contributed by atoms with Gasteiger partial charge in [0.25, 0.3) is 0 Å². The van der Waals surface area contributed by atoms with E-state index in [-0.39, 0.29) is 5.54 Å². The minimum Gasteiger partial charge on any atom is -0.312 e. The van der Waals surface area contributed by atoms with Crippen LogP contribution in [-0.2, 0) is 6.42 Å². The van der Waals surface area contributed by atoms with Gasteiger partial charge in [0.05, 0.1) is 5.52 Å². The summed E-state index contributed by atoms with van der Waals surface area (Å²) < 4.78 is 0. The molecule has 0 fully saturated rings. The molecule has 0 bridgehead atoms. The fourth-order valence-corrected chi connectivity index (χ4v) is 2.17. The highest BCUT2D eigenvalue weighted by molar-refractivity contribution is 5.82. The maximum Gasteiger partial charge on any atom is 0.0707 e. The van der Waals surface area contributed by atoms with Crippen LogP contribution in [0.4, 0.5) is 0 Å². The van der Waals surface area contributed by atoms with Crippen molar-refractivity contribution < 1.29 is 0 Å². The molecule has 2 nitrogen and oxygen atoms in total. The van der Waals surface area contributed by atoms with Crippen molar-refractivity contribution in [2.24, 2.45) is 0 Å². The molecule has 0 unspecified atom stereocenters. The highest BCUT2D eigenvalue weighted by Gasteiger charge is 2.09. The van der Waals surface area contributed by atoms with Crippen molar-refractivity contribution in [3.63, 3.8) is 0 Å². The van der Waals surface area contributed by atoms with Crippen LogP contribution in [0.15, 0.2) is 30.3 Å². The van der Waals surface area contributed by atoms with Gasteiger partial charge in [0.1, 0.15) is 0 Å². The molecule has 2 heteroatoms. The Bertz CT molecular complexity index is 538. The summed E-state index contributed by atoms with van der Waals surface area (Å²) in [6, 6.07) is 10.6. The lowest BCUT2D eigenvalue weighted by atomic mass is 10.0. The molecule has 1 N–H and O–H groups in total. The second-order valence-corrected chi connectivity index (χ2v) is 5.87. The lowest BCUT2D eigenvalue weighted by Crippen LogP contribution is -2.37. The topological polar surface area (TPSA) is 24.9 Å². The number of pyridine rings is 1. The zero-order valence-corrected chi connectivity index (χ0v) is 11.7. The van der Waals surface area contributed by atoms with Crippen LogP contribution in [0, 0.1) is 6.92 Å². The van der Waals surface area contributed by atoms with E-state index in [0.29, 0.717) is 0 Å². The van der Waals surface area contributed by atoms with Gasteiger partial charge in [-0.05, 0) is 58.4 Å². The van der Waals surface area contributed by atoms with E-state index in [2.05, 4.69) is 62.3 Å². The van der Waals surface area contributed by atoms with Crippen molar-refractivity contribution in [2.75, 3.05) is 6.54 Å². The number of nitrogens with one attached hydrogen (secondary N) is 1. The summed E-state index contributed by atoms with van der Waals surface area (Å²) in [7, 11) is 0.